The topological polar surface area (TPSA) is 97.1 Å². The van der Waals surface area contributed by atoms with E-state index in [4.69, 9.17) is 0 Å². The van der Waals surface area contributed by atoms with Crippen molar-refractivity contribution in [3.05, 3.63) is 90.9 Å². The summed E-state index contributed by atoms with van der Waals surface area (Å²) in [6.07, 6.45) is 4.93. The molecule has 3 aromatic heterocycles. The van der Waals surface area contributed by atoms with E-state index in [9.17, 15) is 9.59 Å². The largest absolute Gasteiger partial charge is 0.333 e. The predicted molar refractivity (Wildman–Crippen MR) is 130 cm³/mol. The highest BCUT2D eigenvalue weighted by atomic mass is 16.2. The summed E-state index contributed by atoms with van der Waals surface area (Å²) in [4.78, 5) is 42.9. The van der Waals surface area contributed by atoms with Crippen LogP contribution in [-0.4, -0.2) is 71.5 Å². The Kier molecular flexibility index (Phi) is 5.82. The molecular weight excluding hydrogens is 442 g/mol. The van der Waals surface area contributed by atoms with Crippen LogP contribution in [-0.2, 0) is 0 Å². The van der Waals surface area contributed by atoms with Gasteiger partial charge in [0, 0.05) is 37.6 Å². The van der Waals surface area contributed by atoms with Crippen molar-refractivity contribution in [2.75, 3.05) is 19.6 Å². The lowest BCUT2D eigenvalue weighted by atomic mass is 9.98. The maximum atomic E-state index is 13.3. The molecule has 0 saturated carbocycles. The van der Waals surface area contributed by atoms with Gasteiger partial charge in [-0.3, -0.25) is 14.6 Å². The summed E-state index contributed by atoms with van der Waals surface area (Å²) >= 11 is 0. The minimum atomic E-state index is -0.605. The number of rotatable bonds is 4. The molecule has 0 N–H and O–H groups in total. The minimum absolute atomic E-state index is 0.133. The number of hydrogen-bond donors (Lipinski definition) is 0. The number of piperazine rings is 1. The summed E-state index contributed by atoms with van der Waals surface area (Å²) in [5.41, 5.74) is 2.21. The van der Waals surface area contributed by atoms with Crippen LogP contribution in [0.25, 0.3) is 16.9 Å². The quantitative estimate of drug-likeness (QED) is 0.458. The Morgan fingerprint density at radius 3 is 2.40 bits per heavy atom. The zero-order valence-corrected chi connectivity index (χ0v) is 19.6. The third kappa shape index (κ3) is 4.52. The number of pyridine rings is 2. The van der Waals surface area contributed by atoms with Gasteiger partial charge in [-0.1, -0.05) is 24.3 Å². The Labute approximate surface area is 203 Å². The van der Waals surface area contributed by atoms with E-state index >= 15 is 0 Å². The molecule has 9 heteroatoms. The zero-order valence-electron chi connectivity index (χ0n) is 19.6. The SMILES string of the molecule is CC1(C)CN(C(=O)c2cccc(-c3ccncc3)n2)CCN1C(=O)c1ncn(-c2ccccc2)n1. The standard InChI is InChI=1S/C26H25N7O2/c1-26(2)17-31(24(34)22-10-6-9-21(29-22)19-11-13-27-14-12-19)15-16-32(26)25(35)23-28-18-33(30-23)20-7-4-3-5-8-20/h3-14,18H,15-17H2,1-2H3. The molecule has 5 rings (SSSR count). The van der Waals surface area contributed by atoms with E-state index in [0.29, 0.717) is 31.0 Å². The lowest BCUT2D eigenvalue weighted by molar-refractivity contribution is 0.0158. The number of hydrogen-bond acceptors (Lipinski definition) is 6. The van der Waals surface area contributed by atoms with Gasteiger partial charge in [0.15, 0.2) is 0 Å². The summed E-state index contributed by atoms with van der Waals surface area (Å²) in [6, 6.07) is 18.7. The molecule has 0 spiro atoms. The number of para-hydroxylation sites is 1. The Hall–Kier alpha value is -4.40. The van der Waals surface area contributed by atoms with Crippen LogP contribution in [0.15, 0.2) is 79.4 Å². The summed E-state index contributed by atoms with van der Waals surface area (Å²) in [7, 11) is 0. The van der Waals surface area contributed by atoms with Crippen LogP contribution in [0.5, 0.6) is 0 Å². The van der Waals surface area contributed by atoms with E-state index in [1.54, 1.807) is 32.9 Å². The second-order valence-corrected chi connectivity index (χ2v) is 8.99. The van der Waals surface area contributed by atoms with Crippen molar-refractivity contribution in [1.82, 2.24) is 34.5 Å². The molecule has 1 aliphatic heterocycles. The molecule has 0 aliphatic carbocycles. The Bertz CT molecular complexity index is 1350. The summed E-state index contributed by atoms with van der Waals surface area (Å²) in [6.45, 7) is 5.03. The van der Waals surface area contributed by atoms with Gasteiger partial charge in [-0.2, -0.15) is 0 Å². The van der Waals surface area contributed by atoms with Gasteiger partial charge in [-0.05, 0) is 50.2 Å². The van der Waals surface area contributed by atoms with Crippen molar-refractivity contribution in [2.45, 2.75) is 19.4 Å². The molecule has 35 heavy (non-hydrogen) atoms. The zero-order chi connectivity index (χ0) is 24.4. The number of amides is 2. The molecule has 1 aromatic carbocycles. The first kappa shape index (κ1) is 22.4. The van der Waals surface area contributed by atoms with Crippen molar-refractivity contribution in [2.24, 2.45) is 0 Å². The molecule has 9 nitrogen and oxygen atoms in total. The second kappa shape index (κ2) is 9.09. The number of carbonyl (C=O) groups is 2. The summed E-state index contributed by atoms with van der Waals surface area (Å²) in [5.74, 6) is -0.282. The molecule has 0 bridgehead atoms. The van der Waals surface area contributed by atoms with E-state index in [1.165, 1.54) is 6.33 Å². The van der Waals surface area contributed by atoms with Crippen LogP contribution >= 0.6 is 0 Å². The van der Waals surface area contributed by atoms with E-state index < -0.39 is 5.54 Å². The monoisotopic (exact) mass is 467 g/mol. The molecule has 2 amide bonds. The maximum absolute atomic E-state index is 13.3. The molecule has 1 saturated heterocycles. The molecular formula is C26H25N7O2. The third-order valence-corrected chi connectivity index (χ3v) is 6.08. The Balaban J connectivity index is 1.31. The lowest BCUT2D eigenvalue weighted by Gasteiger charge is -2.46. The normalized spacial score (nSPS) is 15.1. The van der Waals surface area contributed by atoms with Crippen LogP contribution in [0.1, 0.15) is 35.0 Å². The van der Waals surface area contributed by atoms with Crippen LogP contribution < -0.4 is 0 Å². The van der Waals surface area contributed by atoms with E-state index in [1.807, 2.05) is 68.4 Å². The first-order valence-corrected chi connectivity index (χ1v) is 11.4. The second-order valence-electron chi connectivity index (χ2n) is 8.99. The van der Waals surface area contributed by atoms with Crippen LogP contribution in [0.4, 0.5) is 0 Å². The van der Waals surface area contributed by atoms with E-state index in [-0.39, 0.29) is 17.6 Å². The number of benzene rings is 1. The van der Waals surface area contributed by atoms with Crippen LogP contribution in [0.3, 0.4) is 0 Å². The lowest BCUT2D eigenvalue weighted by Crippen LogP contribution is -2.62. The highest BCUT2D eigenvalue weighted by Gasteiger charge is 2.40. The molecule has 0 atom stereocenters. The number of nitrogens with zero attached hydrogens (tertiary/aromatic N) is 7. The summed E-state index contributed by atoms with van der Waals surface area (Å²) < 4.78 is 1.58. The maximum Gasteiger partial charge on any atom is 0.294 e. The van der Waals surface area contributed by atoms with Gasteiger partial charge in [-0.15, -0.1) is 5.10 Å². The average Bonchev–Trinajstić information content (AvgIpc) is 3.39. The van der Waals surface area contributed by atoms with Crippen molar-refractivity contribution in [1.29, 1.82) is 0 Å². The van der Waals surface area contributed by atoms with Crippen LogP contribution in [0, 0.1) is 0 Å². The third-order valence-electron chi connectivity index (χ3n) is 6.08. The molecule has 4 aromatic rings. The van der Waals surface area contributed by atoms with E-state index in [0.717, 1.165) is 11.3 Å². The van der Waals surface area contributed by atoms with Crippen LogP contribution in [0.2, 0.25) is 0 Å². The van der Waals surface area contributed by atoms with Gasteiger partial charge in [0.1, 0.15) is 12.0 Å². The first-order valence-electron chi connectivity index (χ1n) is 11.4. The van der Waals surface area contributed by atoms with Gasteiger partial charge in [-0.25, -0.2) is 14.6 Å². The van der Waals surface area contributed by atoms with E-state index in [2.05, 4.69) is 20.1 Å². The molecule has 1 aliphatic rings. The molecule has 176 valence electrons. The highest BCUT2D eigenvalue weighted by molar-refractivity contribution is 5.94. The molecule has 4 heterocycles. The average molecular weight is 468 g/mol. The van der Waals surface area contributed by atoms with Crippen molar-refractivity contribution in [3.8, 4) is 16.9 Å². The fourth-order valence-corrected chi connectivity index (χ4v) is 4.29. The van der Waals surface area contributed by atoms with Gasteiger partial charge >= 0.3 is 0 Å². The molecule has 1 fully saturated rings. The van der Waals surface area contributed by atoms with Gasteiger partial charge in [0.2, 0.25) is 5.82 Å². The number of aromatic nitrogens is 5. The Morgan fingerprint density at radius 1 is 0.886 bits per heavy atom. The fraction of sp³-hybridized carbons (Fsp3) is 0.231. The molecule has 0 radical (unpaired) electrons. The minimum Gasteiger partial charge on any atom is -0.333 e. The Morgan fingerprint density at radius 2 is 1.66 bits per heavy atom. The summed E-state index contributed by atoms with van der Waals surface area (Å²) in [5, 5.41) is 4.38. The van der Waals surface area contributed by atoms with Crippen molar-refractivity contribution < 1.29 is 9.59 Å². The molecule has 0 unspecified atom stereocenters. The van der Waals surface area contributed by atoms with Crippen molar-refractivity contribution >= 4 is 11.8 Å². The van der Waals surface area contributed by atoms with Gasteiger partial charge in [0.25, 0.3) is 11.8 Å². The van der Waals surface area contributed by atoms with Gasteiger partial charge < -0.3 is 9.80 Å². The fourth-order valence-electron chi connectivity index (χ4n) is 4.29. The smallest absolute Gasteiger partial charge is 0.294 e. The predicted octanol–water partition coefficient (Wildman–Crippen LogP) is 3.10. The van der Waals surface area contributed by atoms with Gasteiger partial charge in [0.05, 0.1) is 16.9 Å². The van der Waals surface area contributed by atoms with Crippen molar-refractivity contribution in [3.63, 3.8) is 0 Å². The highest BCUT2D eigenvalue weighted by Crippen LogP contribution is 2.24. The number of carbonyl (C=O) groups excluding carboxylic acids is 2. The first-order chi connectivity index (χ1) is 16.9.